The van der Waals surface area contributed by atoms with Crippen LogP contribution in [0.4, 0.5) is 11.6 Å². The highest BCUT2D eigenvalue weighted by Crippen LogP contribution is 2.34. The van der Waals surface area contributed by atoms with Crippen molar-refractivity contribution in [2.75, 3.05) is 37.7 Å². The van der Waals surface area contributed by atoms with Gasteiger partial charge in [-0.15, -0.1) is 0 Å². The van der Waals surface area contributed by atoms with Crippen LogP contribution in [0, 0.1) is 6.92 Å². The predicted molar refractivity (Wildman–Crippen MR) is 172 cm³/mol. The highest BCUT2D eigenvalue weighted by molar-refractivity contribution is 7.86. The van der Waals surface area contributed by atoms with E-state index in [1.165, 1.54) is 42.0 Å². The first kappa shape index (κ1) is 34.0. The Bertz CT molecular complexity index is 2090. The van der Waals surface area contributed by atoms with E-state index in [0.29, 0.717) is 28.9 Å². The summed E-state index contributed by atoms with van der Waals surface area (Å²) in [5.74, 6) is 0.429. The molecule has 0 spiro atoms. The molecule has 0 amide bonds. The second kappa shape index (κ2) is 13.4. The third-order valence-corrected chi connectivity index (χ3v) is 9.97. The molecule has 50 heavy (non-hydrogen) atoms. The Morgan fingerprint density at radius 2 is 1.26 bits per heavy atom. The zero-order chi connectivity index (χ0) is 35.3. The standard InChI is InChI=1S/C17H19N5O6S.C12H16N6O3/c1-9-2-4-10(5-3-9)29(25,26)27-6-11-13(23)14(24)17(28-11)22-8-21-12-15(18)19-7-20-16(12)22;13-10-7-11(15-4-14-10)18(5-16-7)12-9(20)8(19)6(21-12)3-17-1-2-17/h2-5,7-8,11,13-14,17,23-24H,6H2,1H3,(H2,18,19,20);4-6,8-9,12,19-20H,1-3H2,(H2,13,14,15)/t11-,13?,14+,17-;6-,8?,9+,12-/m11/s1. The maximum atomic E-state index is 12.3. The van der Waals surface area contributed by atoms with Crippen LogP contribution < -0.4 is 11.5 Å². The Kier molecular flexibility index (Phi) is 9.08. The highest BCUT2D eigenvalue weighted by atomic mass is 32.2. The van der Waals surface area contributed by atoms with Crippen LogP contribution in [0.25, 0.3) is 22.3 Å². The van der Waals surface area contributed by atoms with Crippen molar-refractivity contribution in [3.8, 4) is 0 Å². The molecule has 0 saturated carbocycles. The van der Waals surface area contributed by atoms with Crippen LogP contribution in [-0.2, 0) is 23.8 Å². The van der Waals surface area contributed by atoms with Gasteiger partial charge in [-0.1, -0.05) is 17.7 Å². The largest absolute Gasteiger partial charge is 0.387 e. The molecular weight excluding hydrogens is 678 g/mol. The summed E-state index contributed by atoms with van der Waals surface area (Å²) in [5.41, 5.74) is 14.0. The van der Waals surface area contributed by atoms with Crippen molar-refractivity contribution in [1.82, 2.24) is 43.9 Å². The lowest BCUT2D eigenvalue weighted by Crippen LogP contribution is -2.35. The van der Waals surface area contributed by atoms with Gasteiger partial charge >= 0.3 is 0 Å². The number of rotatable bonds is 8. The third-order valence-electron chi connectivity index (χ3n) is 8.67. The zero-order valence-electron chi connectivity index (χ0n) is 26.5. The molecule has 2 unspecified atom stereocenters. The van der Waals surface area contributed by atoms with Crippen molar-refractivity contribution >= 4 is 44.1 Å². The average molecular weight is 714 g/mol. The molecule has 7 heterocycles. The normalized spacial score (nSPS) is 28.3. The average Bonchev–Trinajstić information content (AvgIpc) is 3.38. The fraction of sp³-hybridized carbons (Fsp3) is 0.448. The summed E-state index contributed by atoms with van der Waals surface area (Å²) in [6, 6.07) is 6.15. The molecule has 8 rings (SSSR count). The number of nitrogens with two attached hydrogens (primary N) is 2. The smallest absolute Gasteiger partial charge is 0.297 e. The van der Waals surface area contributed by atoms with Crippen LogP contribution >= 0.6 is 0 Å². The highest BCUT2D eigenvalue weighted by Gasteiger charge is 2.46. The second-order valence-electron chi connectivity index (χ2n) is 12.1. The van der Waals surface area contributed by atoms with Crippen molar-refractivity contribution in [2.45, 2.75) is 60.9 Å². The number of nitrogen functional groups attached to an aromatic ring is 2. The number of imidazole rings is 2. The van der Waals surface area contributed by atoms with E-state index in [2.05, 4.69) is 34.8 Å². The lowest BCUT2D eigenvalue weighted by Gasteiger charge is -2.16. The number of aliphatic hydroxyl groups excluding tert-OH is 4. The first-order valence-electron chi connectivity index (χ1n) is 15.5. The summed E-state index contributed by atoms with van der Waals surface area (Å²) in [5, 5.41) is 41.1. The number of hydrogen-bond donors (Lipinski definition) is 6. The van der Waals surface area contributed by atoms with Crippen molar-refractivity contribution in [2.24, 2.45) is 0 Å². The number of aliphatic hydroxyl groups is 4. The summed E-state index contributed by atoms with van der Waals surface area (Å²) in [4.78, 5) is 26.3. The van der Waals surface area contributed by atoms with Gasteiger partial charge < -0.3 is 41.4 Å². The van der Waals surface area contributed by atoms with Crippen LogP contribution in [0.2, 0.25) is 0 Å². The maximum Gasteiger partial charge on any atom is 0.297 e. The molecular formula is C29H35N11O9S. The van der Waals surface area contributed by atoms with Crippen molar-refractivity contribution in [3.05, 3.63) is 55.1 Å². The molecule has 8 atom stereocenters. The van der Waals surface area contributed by atoms with E-state index in [4.69, 9.17) is 25.1 Å². The first-order valence-corrected chi connectivity index (χ1v) is 16.9. The number of hydrogen-bond acceptors (Lipinski definition) is 18. The van der Waals surface area contributed by atoms with Crippen LogP contribution in [0.3, 0.4) is 0 Å². The Hall–Kier alpha value is -4.45. The molecule has 3 saturated heterocycles. The SMILES string of the molecule is Cc1ccc(S(=O)(=O)OC[C@H]2O[C@@H](n3cnc4c(N)ncnc43)[C@@H](O)C2O)cc1.Nc1ncnc2c1ncn2[C@@H]1O[C@H](CN2CC2)C(O)[C@@H]1O. The van der Waals surface area contributed by atoms with Crippen molar-refractivity contribution in [1.29, 1.82) is 0 Å². The number of ether oxygens (including phenoxy) is 2. The summed E-state index contributed by atoms with van der Waals surface area (Å²) < 4.78 is 44.2. The van der Waals surface area contributed by atoms with Crippen molar-refractivity contribution < 1.29 is 42.5 Å². The van der Waals surface area contributed by atoms with Gasteiger partial charge in [-0.05, 0) is 19.1 Å². The van der Waals surface area contributed by atoms with E-state index in [0.717, 1.165) is 18.7 Å². The number of aromatic nitrogens is 8. The molecule has 3 aliphatic rings. The monoisotopic (exact) mass is 713 g/mol. The molecule has 8 N–H and O–H groups in total. The quantitative estimate of drug-likeness (QED) is 0.0755. The van der Waals surface area contributed by atoms with E-state index >= 15 is 0 Å². The summed E-state index contributed by atoms with van der Waals surface area (Å²) >= 11 is 0. The van der Waals surface area contributed by atoms with Gasteiger partial charge in [-0.3, -0.25) is 18.2 Å². The molecule has 266 valence electrons. The Balaban J connectivity index is 0.000000165. The van der Waals surface area contributed by atoms with E-state index < -0.39 is 65.8 Å². The topological polar surface area (TPSA) is 285 Å². The molecule has 21 heteroatoms. The summed E-state index contributed by atoms with van der Waals surface area (Å²) in [6.45, 7) is 3.98. The predicted octanol–water partition coefficient (Wildman–Crippen LogP) is -1.92. The number of nitrogens with zero attached hydrogens (tertiary/aromatic N) is 9. The third kappa shape index (κ3) is 6.45. The van der Waals surface area contributed by atoms with E-state index in [-0.39, 0.29) is 16.5 Å². The Morgan fingerprint density at radius 3 is 1.78 bits per heavy atom. The van der Waals surface area contributed by atoms with Gasteiger partial charge in [-0.25, -0.2) is 29.9 Å². The van der Waals surface area contributed by atoms with Gasteiger partial charge in [0.15, 0.2) is 35.4 Å². The van der Waals surface area contributed by atoms with Crippen LogP contribution in [0.5, 0.6) is 0 Å². The molecule has 0 aliphatic carbocycles. The van der Waals surface area contributed by atoms with Gasteiger partial charge in [-0.2, -0.15) is 8.42 Å². The fourth-order valence-electron chi connectivity index (χ4n) is 5.76. The van der Waals surface area contributed by atoms with Crippen LogP contribution in [-0.4, -0.2) is 136 Å². The lowest BCUT2D eigenvalue weighted by molar-refractivity contribution is -0.0467. The molecule has 4 aromatic heterocycles. The van der Waals surface area contributed by atoms with Gasteiger partial charge in [0.25, 0.3) is 10.1 Å². The number of benzene rings is 1. The van der Waals surface area contributed by atoms with Gasteiger partial charge in [0.05, 0.1) is 24.2 Å². The Labute approximate surface area is 284 Å². The Morgan fingerprint density at radius 1 is 0.760 bits per heavy atom. The van der Waals surface area contributed by atoms with E-state index in [1.54, 1.807) is 16.7 Å². The number of anilines is 2. The molecule has 20 nitrogen and oxygen atoms in total. The molecule has 3 aliphatic heterocycles. The summed E-state index contributed by atoms with van der Waals surface area (Å²) in [6.07, 6.45) is -2.61. The first-order chi connectivity index (χ1) is 23.9. The van der Waals surface area contributed by atoms with E-state index in [1.807, 2.05) is 6.92 Å². The minimum atomic E-state index is -4.05. The van der Waals surface area contributed by atoms with E-state index in [9.17, 15) is 28.8 Å². The van der Waals surface area contributed by atoms with Gasteiger partial charge in [0, 0.05) is 19.6 Å². The zero-order valence-corrected chi connectivity index (χ0v) is 27.3. The number of aryl methyl sites for hydroxylation is 1. The maximum absolute atomic E-state index is 12.3. The van der Waals surface area contributed by atoms with Crippen LogP contribution in [0.15, 0.2) is 54.5 Å². The van der Waals surface area contributed by atoms with Gasteiger partial charge in [0.1, 0.15) is 60.3 Å². The summed E-state index contributed by atoms with van der Waals surface area (Å²) in [7, 11) is -4.05. The molecule has 0 radical (unpaired) electrons. The minimum Gasteiger partial charge on any atom is -0.387 e. The molecule has 0 bridgehead atoms. The lowest BCUT2D eigenvalue weighted by atomic mass is 10.1. The fourth-order valence-corrected chi connectivity index (χ4v) is 6.68. The molecule has 5 aromatic rings. The van der Waals surface area contributed by atoms with Crippen LogP contribution in [0.1, 0.15) is 18.0 Å². The second-order valence-corrected chi connectivity index (χ2v) is 13.7. The molecule has 1 aromatic carbocycles. The molecule has 3 fully saturated rings. The minimum absolute atomic E-state index is 0.0135. The van der Waals surface area contributed by atoms with Crippen molar-refractivity contribution in [3.63, 3.8) is 0 Å². The van der Waals surface area contributed by atoms with Gasteiger partial charge in [0.2, 0.25) is 0 Å². The number of fused-ring (bicyclic) bond motifs is 2.